The predicted octanol–water partition coefficient (Wildman–Crippen LogP) is 6.40. The number of hydrogen-bond donors (Lipinski definition) is 0. The van der Waals surface area contributed by atoms with E-state index in [4.69, 9.17) is 0 Å². The molecule has 1 aromatic carbocycles. The third-order valence-corrected chi connectivity index (χ3v) is 6.34. The Bertz CT molecular complexity index is 721. The van der Waals surface area contributed by atoms with Crippen LogP contribution in [0.3, 0.4) is 0 Å². The first-order valence-corrected chi connectivity index (χ1v) is 9.85. The Morgan fingerprint density at radius 3 is 2.44 bits per heavy atom. The third kappa shape index (κ3) is 2.88. The second kappa shape index (κ2) is 6.86. The predicted molar refractivity (Wildman–Crippen MR) is 109 cm³/mol. The highest BCUT2D eigenvalue weighted by atomic mass is 15.1. The minimum Gasteiger partial charge on any atom is -0.370 e. The Morgan fingerprint density at radius 1 is 1.16 bits per heavy atom. The summed E-state index contributed by atoms with van der Waals surface area (Å²) in [6.07, 6.45) is 12.1. The number of likely N-dealkylation sites (N-methyl/N-ethyl adjacent to an activating group) is 1. The molecular weight excluding hydrogens is 302 g/mol. The van der Waals surface area contributed by atoms with E-state index >= 15 is 0 Å². The summed E-state index contributed by atoms with van der Waals surface area (Å²) in [7, 11) is 2.21. The zero-order valence-corrected chi connectivity index (χ0v) is 16.7. The summed E-state index contributed by atoms with van der Waals surface area (Å²) >= 11 is 0. The number of benzene rings is 1. The van der Waals surface area contributed by atoms with E-state index in [1.807, 2.05) is 0 Å². The molecule has 1 nitrogen and oxygen atoms in total. The van der Waals surface area contributed by atoms with Crippen LogP contribution in [0.1, 0.15) is 64.6 Å². The average Bonchev–Trinajstić information content (AvgIpc) is 2.56. The van der Waals surface area contributed by atoms with Crippen molar-refractivity contribution in [2.75, 3.05) is 7.05 Å². The van der Waals surface area contributed by atoms with Crippen molar-refractivity contribution < 1.29 is 0 Å². The van der Waals surface area contributed by atoms with Crippen LogP contribution < -0.4 is 0 Å². The van der Waals surface area contributed by atoms with Gasteiger partial charge in [-0.15, -0.1) is 0 Å². The van der Waals surface area contributed by atoms with E-state index in [1.165, 1.54) is 35.1 Å². The maximum Gasteiger partial charge on any atom is 0.0726 e. The standard InChI is InChI=1S/C24H33N/c1-7-19-13-14-24(19,8-2)22-12-10-9-11-20(22)23-15-21(17(3)4)18(5)16-25(23)6/h9-17,19,23H,7-8H2,1-6H3/t19?,23?,24-/m0/s1. The largest absolute Gasteiger partial charge is 0.370 e. The summed E-state index contributed by atoms with van der Waals surface area (Å²) in [4.78, 5) is 2.38. The summed E-state index contributed by atoms with van der Waals surface area (Å²) in [5.41, 5.74) is 6.09. The van der Waals surface area contributed by atoms with Crippen LogP contribution in [-0.4, -0.2) is 11.9 Å². The molecule has 2 aliphatic rings. The van der Waals surface area contributed by atoms with E-state index in [0.29, 0.717) is 17.9 Å². The normalized spacial score (nSPS) is 28.7. The highest BCUT2D eigenvalue weighted by molar-refractivity contribution is 5.48. The topological polar surface area (TPSA) is 3.24 Å². The highest BCUT2D eigenvalue weighted by Crippen LogP contribution is 2.49. The lowest BCUT2D eigenvalue weighted by Crippen LogP contribution is -2.39. The van der Waals surface area contributed by atoms with Crippen molar-refractivity contribution >= 4 is 0 Å². The van der Waals surface area contributed by atoms with Gasteiger partial charge in [0.25, 0.3) is 0 Å². The molecule has 3 atom stereocenters. The molecule has 2 unspecified atom stereocenters. The Balaban J connectivity index is 2.09. The van der Waals surface area contributed by atoms with Crippen molar-refractivity contribution in [2.45, 2.75) is 58.9 Å². The molecule has 1 heteroatoms. The molecule has 0 spiro atoms. The van der Waals surface area contributed by atoms with Crippen LogP contribution in [0.15, 0.2) is 59.8 Å². The van der Waals surface area contributed by atoms with Gasteiger partial charge in [0.05, 0.1) is 6.04 Å². The monoisotopic (exact) mass is 335 g/mol. The maximum atomic E-state index is 2.49. The number of allylic oxidation sites excluding steroid dienone is 4. The first-order valence-electron chi connectivity index (χ1n) is 9.85. The van der Waals surface area contributed by atoms with Crippen LogP contribution in [-0.2, 0) is 5.41 Å². The molecule has 25 heavy (non-hydrogen) atoms. The van der Waals surface area contributed by atoms with Gasteiger partial charge in [-0.1, -0.05) is 70.2 Å². The lowest BCUT2D eigenvalue weighted by molar-refractivity contribution is 0.315. The van der Waals surface area contributed by atoms with Gasteiger partial charge in [0, 0.05) is 18.7 Å². The molecule has 1 aliphatic heterocycles. The summed E-state index contributed by atoms with van der Waals surface area (Å²) in [5.74, 6) is 1.23. The SMILES string of the molecule is CCC1C=C[C@]1(CC)c1ccccc1C1C=C(C(C)C)C(C)=CN1C. The van der Waals surface area contributed by atoms with Crippen LogP contribution in [0.5, 0.6) is 0 Å². The molecule has 3 rings (SSSR count). The van der Waals surface area contributed by atoms with Crippen molar-refractivity contribution in [3.63, 3.8) is 0 Å². The lowest BCUT2D eigenvalue weighted by Gasteiger charge is -2.46. The Kier molecular flexibility index (Phi) is 4.95. The number of nitrogens with zero attached hydrogens (tertiary/aromatic N) is 1. The molecule has 0 saturated carbocycles. The van der Waals surface area contributed by atoms with Crippen molar-refractivity contribution in [1.82, 2.24) is 4.90 Å². The number of rotatable bonds is 5. The smallest absolute Gasteiger partial charge is 0.0726 e. The Hall–Kier alpha value is -1.76. The molecule has 0 amide bonds. The fourth-order valence-corrected chi connectivity index (χ4v) is 4.84. The van der Waals surface area contributed by atoms with Crippen molar-refractivity contribution in [1.29, 1.82) is 0 Å². The van der Waals surface area contributed by atoms with Crippen molar-refractivity contribution in [3.05, 3.63) is 71.0 Å². The molecule has 1 heterocycles. The van der Waals surface area contributed by atoms with E-state index < -0.39 is 0 Å². The van der Waals surface area contributed by atoms with Gasteiger partial charge < -0.3 is 4.90 Å². The van der Waals surface area contributed by atoms with Gasteiger partial charge in [-0.3, -0.25) is 0 Å². The molecule has 0 radical (unpaired) electrons. The molecule has 0 N–H and O–H groups in total. The van der Waals surface area contributed by atoms with E-state index in [0.717, 1.165) is 0 Å². The molecule has 0 aromatic heterocycles. The van der Waals surface area contributed by atoms with Gasteiger partial charge >= 0.3 is 0 Å². The second-order valence-electron chi connectivity index (χ2n) is 8.05. The van der Waals surface area contributed by atoms with Crippen molar-refractivity contribution in [3.8, 4) is 0 Å². The second-order valence-corrected chi connectivity index (χ2v) is 8.05. The minimum atomic E-state index is 0.216. The summed E-state index contributed by atoms with van der Waals surface area (Å²) in [6, 6.07) is 9.45. The molecule has 1 aromatic rings. The Labute approximate surface area is 154 Å². The lowest BCUT2D eigenvalue weighted by atomic mass is 9.59. The zero-order valence-electron chi connectivity index (χ0n) is 16.7. The molecule has 0 bridgehead atoms. The van der Waals surface area contributed by atoms with Gasteiger partial charge in [0.2, 0.25) is 0 Å². The first-order chi connectivity index (χ1) is 11.9. The molecule has 134 valence electrons. The van der Waals surface area contributed by atoms with E-state index in [1.54, 1.807) is 0 Å². The fraction of sp³-hybridized carbons (Fsp3) is 0.500. The quantitative estimate of drug-likeness (QED) is 0.562. The summed E-state index contributed by atoms with van der Waals surface area (Å²) in [6.45, 7) is 11.5. The van der Waals surface area contributed by atoms with Crippen LogP contribution >= 0.6 is 0 Å². The third-order valence-electron chi connectivity index (χ3n) is 6.34. The highest BCUT2D eigenvalue weighted by Gasteiger charge is 2.42. The van der Waals surface area contributed by atoms with Crippen LogP contribution in [0.2, 0.25) is 0 Å². The average molecular weight is 336 g/mol. The Morgan fingerprint density at radius 2 is 1.88 bits per heavy atom. The van der Waals surface area contributed by atoms with E-state index in [9.17, 15) is 0 Å². The molecular formula is C24H33N. The molecule has 0 saturated heterocycles. The van der Waals surface area contributed by atoms with Gasteiger partial charge in [-0.05, 0) is 53.9 Å². The summed E-state index contributed by atoms with van der Waals surface area (Å²) in [5, 5.41) is 0. The zero-order chi connectivity index (χ0) is 18.2. The van der Waals surface area contributed by atoms with Gasteiger partial charge in [0.1, 0.15) is 0 Å². The minimum absolute atomic E-state index is 0.216. The van der Waals surface area contributed by atoms with Crippen LogP contribution in [0.4, 0.5) is 0 Å². The van der Waals surface area contributed by atoms with Gasteiger partial charge in [-0.25, -0.2) is 0 Å². The molecule has 1 aliphatic carbocycles. The van der Waals surface area contributed by atoms with Crippen LogP contribution in [0.25, 0.3) is 0 Å². The first kappa shape index (κ1) is 18.0. The molecule has 0 fully saturated rings. The van der Waals surface area contributed by atoms with E-state index in [-0.39, 0.29) is 5.41 Å². The van der Waals surface area contributed by atoms with Gasteiger partial charge in [-0.2, -0.15) is 0 Å². The van der Waals surface area contributed by atoms with Crippen molar-refractivity contribution in [2.24, 2.45) is 11.8 Å². The van der Waals surface area contributed by atoms with E-state index in [2.05, 4.69) is 95.3 Å². The van der Waals surface area contributed by atoms with Gasteiger partial charge in [0.15, 0.2) is 0 Å². The van der Waals surface area contributed by atoms with Crippen LogP contribution in [0, 0.1) is 11.8 Å². The number of hydrogen-bond acceptors (Lipinski definition) is 1. The summed E-state index contributed by atoms with van der Waals surface area (Å²) < 4.78 is 0. The maximum absolute atomic E-state index is 2.49. The fourth-order valence-electron chi connectivity index (χ4n) is 4.84.